The highest BCUT2D eigenvalue weighted by atomic mass is 32.2. The van der Waals surface area contributed by atoms with Crippen LogP contribution in [0.2, 0.25) is 0 Å². The van der Waals surface area contributed by atoms with Crippen molar-refractivity contribution in [1.29, 1.82) is 0 Å². The van der Waals surface area contributed by atoms with Crippen LogP contribution in [0.1, 0.15) is 18.4 Å². The molecule has 1 saturated carbocycles. The lowest BCUT2D eigenvalue weighted by molar-refractivity contribution is 0.171. The molecule has 0 radical (unpaired) electrons. The average Bonchev–Trinajstić information content (AvgIpc) is 2.98. The zero-order chi connectivity index (χ0) is 13.4. The summed E-state index contributed by atoms with van der Waals surface area (Å²) in [5.74, 6) is -0.0486. The van der Waals surface area contributed by atoms with E-state index >= 15 is 0 Å². The first-order chi connectivity index (χ1) is 8.47. The average molecular weight is 269 g/mol. The maximum Gasteiger partial charge on any atom is 0.155 e. The molecule has 0 spiro atoms. The van der Waals surface area contributed by atoms with E-state index in [1.807, 2.05) is 30.3 Å². The third-order valence-electron chi connectivity index (χ3n) is 3.64. The Morgan fingerprint density at radius 2 is 1.94 bits per heavy atom. The van der Waals surface area contributed by atoms with Crippen LogP contribution in [0.5, 0.6) is 0 Å². The van der Waals surface area contributed by atoms with Crippen LogP contribution in [-0.4, -0.2) is 38.7 Å². The normalized spacial score (nSPS) is 31.3. The SMILES string of the molecule is CCS(=O)(=O)C1C(c2ccccc2)C1(N)COC. The summed E-state index contributed by atoms with van der Waals surface area (Å²) < 4.78 is 29.3. The molecule has 1 aromatic carbocycles. The molecule has 18 heavy (non-hydrogen) atoms. The number of sulfone groups is 1. The molecular formula is C13H19NO3S. The van der Waals surface area contributed by atoms with Crippen molar-refractivity contribution < 1.29 is 13.2 Å². The first-order valence-corrected chi connectivity index (χ1v) is 7.73. The van der Waals surface area contributed by atoms with Crippen LogP contribution in [0.3, 0.4) is 0 Å². The second-order valence-corrected chi connectivity index (χ2v) is 7.22. The third kappa shape index (κ3) is 2.06. The summed E-state index contributed by atoms with van der Waals surface area (Å²) in [5.41, 5.74) is 6.42. The molecule has 1 aromatic rings. The Balaban J connectivity index is 2.36. The molecule has 0 amide bonds. The van der Waals surface area contributed by atoms with Crippen LogP contribution in [0, 0.1) is 0 Å². The van der Waals surface area contributed by atoms with E-state index in [0.717, 1.165) is 5.56 Å². The van der Waals surface area contributed by atoms with Gasteiger partial charge >= 0.3 is 0 Å². The molecule has 0 aromatic heterocycles. The van der Waals surface area contributed by atoms with Crippen LogP contribution in [0.15, 0.2) is 30.3 Å². The van der Waals surface area contributed by atoms with Crippen molar-refractivity contribution >= 4 is 9.84 Å². The first kappa shape index (κ1) is 13.5. The monoisotopic (exact) mass is 269 g/mol. The van der Waals surface area contributed by atoms with Crippen molar-refractivity contribution in [2.75, 3.05) is 19.5 Å². The number of nitrogens with two attached hydrogens (primary N) is 1. The Morgan fingerprint density at radius 3 is 2.44 bits per heavy atom. The lowest BCUT2D eigenvalue weighted by Gasteiger charge is -2.10. The summed E-state index contributed by atoms with van der Waals surface area (Å²) in [5, 5.41) is -0.530. The maximum atomic E-state index is 12.1. The fourth-order valence-electron chi connectivity index (χ4n) is 2.71. The summed E-state index contributed by atoms with van der Waals surface area (Å²) in [7, 11) is -1.61. The van der Waals surface area contributed by atoms with Crippen LogP contribution in [-0.2, 0) is 14.6 Å². The van der Waals surface area contributed by atoms with Crippen molar-refractivity contribution in [2.24, 2.45) is 5.73 Å². The number of rotatable bonds is 5. The number of ether oxygens (including phenoxy) is 1. The van der Waals surface area contributed by atoms with Crippen molar-refractivity contribution in [3.05, 3.63) is 35.9 Å². The Hall–Kier alpha value is -0.910. The minimum absolute atomic E-state index is 0.115. The standard InChI is InChI=1S/C13H19NO3S/c1-3-18(15,16)12-11(13(12,14)9-17-2)10-7-5-4-6-8-10/h4-8,11-12H,3,9,14H2,1-2H3. The van der Waals surface area contributed by atoms with E-state index in [2.05, 4.69) is 0 Å². The molecule has 1 aliphatic carbocycles. The van der Waals surface area contributed by atoms with E-state index in [1.165, 1.54) is 0 Å². The largest absolute Gasteiger partial charge is 0.383 e. The van der Waals surface area contributed by atoms with Gasteiger partial charge in [-0.3, -0.25) is 0 Å². The molecule has 1 fully saturated rings. The zero-order valence-electron chi connectivity index (χ0n) is 10.7. The summed E-state index contributed by atoms with van der Waals surface area (Å²) in [6, 6.07) is 9.55. The van der Waals surface area contributed by atoms with Gasteiger partial charge < -0.3 is 10.5 Å². The number of benzene rings is 1. The lowest BCUT2D eigenvalue weighted by Crippen LogP contribution is -2.36. The Bertz CT molecular complexity index is 514. The molecule has 0 saturated heterocycles. The van der Waals surface area contributed by atoms with Crippen molar-refractivity contribution in [1.82, 2.24) is 0 Å². The quantitative estimate of drug-likeness (QED) is 0.863. The van der Waals surface area contributed by atoms with E-state index in [9.17, 15) is 8.42 Å². The topological polar surface area (TPSA) is 69.4 Å². The van der Waals surface area contributed by atoms with Gasteiger partial charge in [0.15, 0.2) is 9.84 Å². The van der Waals surface area contributed by atoms with E-state index in [4.69, 9.17) is 10.5 Å². The first-order valence-electron chi connectivity index (χ1n) is 6.01. The number of hydrogen-bond acceptors (Lipinski definition) is 4. The predicted octanol–water partition coefficient (Wildman–Crippen LogP) is 0.931. The minimum Gasteiger partial charge on any atom is -0.383 e. The van der Waals surface area contributed by atoms with E-state index < -0.39 is 20.6 Å². The molecule has 2 rings (SSSR count). The van der Waals surface area contributed by atoms with Gasteiger partial charge in [0, 0.05) is 18.8 Å². The van der Waals surface area contributed by atoms with Gasteiger partial charge in [0.25, 0.3) is 0 Å². The van der Waals surface area contributed by atoms with Gasteiger partial charge in [-0.1, -0.05) is 37.3 Å². The predicted molar refractivity (Wildman–Crippen MR) is 71.2 cm³/mol. The van der Waals surface area contributed by atoms with Gasteiger partial charge in [-0.2, -0.15) is 0 Å². The summed E-state index contributed by atoms with van der Waals surface area (Å²) >= 11 is 0. The van der Waals surface area contributed by atoms with E-state index in [0.29, 0.717) is 0 Å². The highest BCUT2D eigenvalue weighted by Crippen LogP contribution is 2.54. The Labute approximate surface area is 108 Å². The highest BCUT2D eigenvalue weighted by molar-refractivity contribution is 7.92. The van der Waals surface area contributed by atoms with Crippen LogP contribution in [0.4, 0.5) is 0 Å². The Kier molecular flexibility index (Phi) is 3.49. The van der Waals surface area contributed by atoms with Gasteiger partial charge in [0.2, 0.25) is 0 Å². The van der Waals surface area contributed by atoms with E-state index in [1.54, 1.807) is 14.0 Å². The van der Waals surface area contributed by atoms with Gasteiger partial charge in [0.1, 0.15) is 0 Å². The summed E-state index contributed by atoms with van der Waals surface area (Å²) in [6.07, 6.45) is 0. The van der Waals surface area contributed by atoms with Crippen molar-refractivity contribution in [3.63, 3.8) is 0 Å². The molecule has 0 aliphatic heterocycles. The minimum atomic E-state index is -3.16. The molecule has 3 atom stereocenters. The van der Waals surface area contributed by atoms with Gasteiger partial charge in [0.05, 0.1) is 17.4 Å². The lowest BCUT2D eigenvalue weighted by atomic mass is 10.1. The summed E-state index contributed by atoms with van der Waals surface area (Å²) in [6.45, 7) is 1.92. The van der Waals surface area contributed by atoms with Gasteiger partial charge in [-0.15, -0.1) is 0 Å². The molecular weight excluding hydrogens is 250 g/mol. The highest BCUT2D eigenvalue weighted by Gasteiger charge is 2.68. The molecule has 1 aliphatic rings. The maximum absolute atomic E-state index is 12.1. The zero-order valence-corrected chi connectivity index (χ0v) is 11.5. The molecule has 5 heteroatoms. The molecule has 0 bridgehead atoms. The number of methoxy groups -OCH3 is 1. The third-order valence-corrected chi connectivity index (χ3v) is 5.93. The molecule has 2 N–H and O–H groups in total. The van der Waals surface area contributed by atoms with Crippen molar-refractivity contribution in [2.45, 2.75) is 23.6 Å². The molecule has 0 heterocycles. The van der Waals surface area contributed by atoms with Crippen LogP contribution in [0.25, 0.3) is 0 Å². The second-order valence-electron chi connectivity index (χ2n) is 4.81. The van der Waals surface area contributed by atoms with Crippen LogP contribution >= 0.6 is 0 Å². The fourth-order valence-corrected chi connectivity index (χ4v) is 4.70. The number of hydrogen-bond donors (Lipinski definition) is 1. The molecule has 4 nitrogen and oxygen atoms in total. The smallest absolute Gasteiger partial charge is 0.155 e. The van der Waals surface area contributed by atoms with Crippen molar-refractivity contribution in [3.8, 4) is 0 Å². The van der Waals surface area contributed by atoms with Crippen LogP contribution < -0.4 is 5.73 Å². The van der Waals surface area contributed by atoms with Gasteiger partial charge in [-0.25, -0.2) is 8.42 Å². The van der Waals surface area contributed by atoms with Gasteiger partial charge in [-0.05, 0) is 5.56 Å². The second kappa shape index (κ2) is 4.64. The summed E-state index contributed by atoms with van der Waals surface area (Å²) in [4.78, 5) is 0. The fraction of sp³-hybridized carbons (Fsp3) is 0.538. The Morgan fingerprint density at radius 1 is 1.33 bits per heavy atom. The van der Waals surface area contributed by atoms with E-state index in [-0.39, 0.29) is 18.3 Å². The molecule has 3 unspecified atom stereocenters. The molecule has 100 valence electrons.